The minimum atomic E-state index is -4.71. The molecular weight excluding hydrogens is 1530 g/mol. The van der Waals surface area contributed by atoms with Gasteiger partial charge in [-0.05, 0) is 43.3 Å². The lowest BCUT2D eigenvalue weighted by Gasteiger charge is -2.10. The second kappa shape index (κ2) is 40.7. The van der Waals surface area contributed by atoms with E-state index in [0.29, 0.717) is 33.2 Å². The van der Waals surface area contributed by atoms with E-state index >= 15 is 0 Å². The van der Waals surface area contributed by atoms with Gasteiger partial charge in [-0.1, -0.05) is 48.7 Å². The van der Waals surface area contributed by atoms with Crippen LogP contribution in [0.5, 0.6) is 0 Å². The van der Waals surface area contributed by atoms with E-state index in [2.05, 4.69) is 75.8 Å². The highest BCUT2D eigenvalue weighted by Crippen LogP contribution is 2.38. The summed E-state index contributed by atoms with van der Waals surface area (Å²) in [5.74, 6) is -6.00. The molecule has 102 heavy (non-hydrogen) atoms. The summed E-state index contributed by atoms with van der Waals surface area (Å²) in [4.78, 5) is 161. The predicted molar refractivity (Wildman–Crippen MR) is 344 cm³/mol. The van der Waals surface area contributed by atoms with Gasteiger partial charge in [-0.2, -0.15) is 58.7 Å². The van der Waals surface area contributed by atoms with Crippen LogP contribution in [-0.4, -0.2) is 118 Å². The van der Waals surface area contributed by atoms with Crippen LogP contribution in [0.3, 0.4) is 0 Å². The van der Waals surface area contributed by atoms with Crippen LogP contribution in [0.4, 0.5) is 57.0 Å². The van der Waals surface area contributed by atoms with E-state index in [1.807, 2.05) is 0 Å². The third-order valence-electron chi connectivity index (χ3n) is 11.5. The van der Waals surface area contributed by atoms with Gasteiger partial charge in [0, 0.05) is 55.7 Å². The first kappa shape index (κ1) is 87.6. The Hall–Kier alpha value is -10.5. The molecule has 4 amide bonds. The molecule has 0 saturated carbocycles. The van der Waals surface area contributed by atoms with E-state index in [0.717, 1.165) is 58.9 Å². The number of carbonyl (C=O) groups is 7. The van der Waals surface area contributed by atoms with Gasteiger partial charge < -0.3 is 38.7 Å². The molecule has 9 heterocycles. The Morgan fingerprint density at radius 1 is 0.490 bits per heavy atom. The number of carboxylic acids is 1. The Labute approximate surface area is 598 Å². The molecule has 0 bridgehead atoms. The van der Waals surface area contributed by atoms with Crippen molar-refractivity contribution < 1.29 is 97.4 Å². The molecule has 30 nitrogen and oxygen atoms in total. The number of hydrogen-bond donors (Lipinski definition) is 7. The van der Waals surface area contributed by atoms with Crippen molar-refractivity contribution in [1.82, 2.24) is 66.0 Å². The number of nitrogens with two attached hydrogens (primary N) is 2. The Kier molecular flexibility index (Phi) is 34.9. The molecule has 0 radical (unpaired) electrons. The van der Waals surface area contributed by atoms with Crippen LogP contribution in [0.25, 0.3) is 0 Å². The van der Waals surface area contributed by atoms with Crippen molar-refractivity contribution in [3.05, 3.63) is 189 Å². The van der Waals surface area contributed by atoms with Crippen molar-refractivity contribution in [2.45, 2.75) is 70.0 Å². The molecule has 0 unspecified atom stereocenters. The van der Waals surface area contributed by atoms with Gasteiger partial charge in [0.2, 0.25) is 0 Å². The number of Topliss-reactive ketones (excluding diaryl/α,β-unsaturated/α-hetero) is 2. The van der Waals surface area contributed by atoms with Gasteiger partial charge in [0.15, 0.2) is 17.3 Å². The molecule has 46 heteroatoms. The molecule has 9 aromatic rings. The van der Waals surface area contributed by atoms with Crippen molar-refractivity contribution in [3.63, 3.8) is 0 Å². The highest BCUT2D eigenvalue weighted by atomic mass is 35.5. The van der Waals surface area contributed by atoms with Crippen molar-refractivity contribution in [1.29, 1.82) is 0 Å². The predicted octanol–water partition coefficient (Wildman–Crippen LogP) is 11.4. The summed E-state index contributed by atoms with van der Waals surface area (Å²) in [6.07, 6.45) is -0.759. The lowest BCUT2D eigenvalue weighted by Crippen LogP contribution is -2.15. The number of primary amides is 1. The highest BCUT2D eigenvalue weighted by Gasteiger charge is 2.36. The third kappa shape index (κ3) is 27.5. The lowest BCUT2D eigenvalue weighted by atomic mass is 10.0. The number of thiazole rings is 3. The normalized spacial score (nSPS) is 11.4. The van der Waals surface area contributed by atoms with Crippen molar-refractivity contribution in [3.8, 4) is 0 Å². The zero-order valence-corrected chi connectivity index (χ0v) is 56.8. The van der Waals surface area contributed by atoms with Gasteiger partial charge in [0.25, 0.3) is 23.6 Å². The number of amides is 4. The maximum atomic E-state index is 13.0. The number of carbonyl (C=O) groups excluding carboxylic acids is 10. The summed E-state index contributed by atoms with van der Waals surface area (Å²) in [6, 6.07) is 5.65. The lowest BCUT2D eigenvalue weighted by molar-refractivity contribution is -0.193. The monoisotopic (exact) mass is 1570 g/mol. The number of hydrogen-bond acceptors (Lipinski definition) is 28. The Balaban J connectivity index is 0.000000473. The van der Waals surface area contributed by atoms with Crippen LogP contribution in [0.2, 0.25) is 15.1 Å². The maximum Gasteiger partial charge on any atom is 0.418 e. The number of aromatic carboxylic acids is 1. The summed E-state index contributed by atoms with van der Waals surface area (Å²) >= 11 is 19.6. The van der Waals surface area contributed by atoms with Crippen molar-refractivity contribution >= 4 is 152 Å². The fourth-order valence-corrected chi connectivity index (χ4v) is 10.1. The summed E-state index contributed by atoms with van der Waals surface area (Å²) in [5, 5.41) is 14.9. The van der Waals surface area contributed by atoms with E-state index in [1.165, 1.54) is 61.8 Å². The summed E-state index contributed by atoms with van der Waals surface area (Å²) < 4.78 is 116. The molecule has 0 saturated heterocycles. The fraction of sp³-hybridized carbons (Fsp3) is 0.196. The second-order valence-electron chi connectivity index (χ2n) is 18.9. The van der Waals surface area contributed by atoms with E-state index in [1.54, 1.807) is 20.8 Å². The molecule has 540 valence electrons. The molecule has 9 rings (SSSR count). The molecule has 0 aliphatic carbocycles. The number of alkyl halides is 9. The number of nitrogens with zero attached hydrogens (tertiary/aromatic N) is 12. The van der Waals surface area contributed by atoms with Crippen molar-refractivity contribution in [2.75, 3.05) is 16.0 Å². The first-order valence-electron chi connectivity index (χ1n) is 26.6. The second-order valence-corrected chi connectivity index (χ2v) is 23.3. The van der Waals surface area contributed by atoms with Gasteiger partial charge in [-0.25, -0.2) is 64.6 Å². The highest BCUT2D eigenvalue weighted by molar-refractivity contribution is 7.14. The van der Waals surface area contributed by atoms with Crippen LogP contribution in [0.15, 0.2) is 105 Å². The van der Waals surface area contributed by atoms with Crippen LogP contribution in [-0.2, 0) is 37.7 Å². The van der Waals surface area contributed by atoms with E-state index in [4.69, 9.17) is 70.6 Å². The van der Waals surface area contributed by atoms with E-state index in [9.17, 15) is 73.1 Å². The summed E-state index contributed by atoms with van der Waals surface area (Å²) in [6.45, 7) is 5.18. The molecule has 0 aromatic carbocycles. The number of aromatic nitrogens is 12. The SMILES string of the molecule is C[C@@H](CC(=O)c1cc(C(N)=O)ncn1)c1ncc(C(=O)Nc2cc(C(F)(F)F)c(Cl)cn2)s1.C[C@@H](CC(=O)c1ccncn1)c1ncc(C(=O)Nc2cc(C(F)(F)F)c(Cl)cn2)s1.C[C@@H](N)c1ncc(C(=O)Nc2cc(C(F)(F)F)c(Cl)cn2)s1.Cl.N.O=C(O)c1ccncn1.O=C=O.O=C=O. The fourth-order valence-electron chi connectivity index (χ4n) is 7.01. The topological polar surface area (TPSA) is 486 Å². The van der Waals surface area contributed by atoms with E-state index in [-0.39, 0.29) is 116 Å². The smallest absolute Gasteiger partial charge is 0.418 e. The Bertz CT molecular complexity index is 4430. The van der Waals surface area contributed by atoms with Crippen LogP contribution in [0, 0.1) is 0 Å². The van der Waals surface area contributed by atoms with Crippen LogP contribution in [0.1, 0.15) is 154 Å². The molecule has 0 aliphatic heterocycles. The first-order valence-corrected chi connectivity index (χ1v) is 30.2. The Morgan fingerprint density at radius 2 is 0.804 bits per heavy atom. The summed E-state index contributed by atoms with van der Waals surface area (Å²) in [7, 11) is 0. The van der Waals surface area contributed by atoms with Gasteiger partial charge in [-0.15, -0.1) is 46.4 Å². The van der Waals surface area contributed by atoms with Gasteiger partial charge >= 0.3 is 36.8 Å². The molecular formula is C56H45Cl4F9N18O12S3. The molecule has 0 fully saturated rings. The van der Waals surface area contributed by atoms with E-state index < -0.39 is 91.6 Å². The third-order valence-corrected chi connectivity index (χ3v) is 16.1. The molecule has 3 atom stereocenters. The minimum Gasteiger partial charge on any atom is -0.477 e. The van der Waals surface area contributed by atoms with Gasteiger partial charge in [-0.3, -0.25) is 28.8 Å². The largest absolute Gasteiger partial charge is 0.477 e. The summed E-state index contributed by atoms with van der Waals surface area (Å²) in [5.41, 5.74) is 7.68. The number of carboxylic acid groups (broad SMARTS) is 1. The first-order chi connectivity index (χ1) is 46.9. The molecule has 9 aromatic heterocycles. The number of pyridine rings is 3. The average Bonchev–Trinajstić information content (AvgIpc) is 1.29. The molecule has 0 aliphatic rings. The van der Waals surface area contributed by atoms with Gasteiger partial charge in [0.05, 0.1) is 66.4 Å². The quantitative estimate of drug-likeness (QED) is 0.0329. The zero-order chi connectivity index (χ0) is 74.8. The maximum absolute atomic E-state index is 13.0. The van der Waals surface area contributed by atoms with Gasteiger partial charge in [0.1, 0.15) is 73.2 Å². The number of anilines is 3. The number of nitrogens with one attached hydrogen (secondary N) is 3. The molecule has 11 N–H and O–H groups in total. The standard InChI is InChI=1S/C19H14ClF3N6O3S.C18H13ClF3N5O2S.C12H10ClF3N4OS.C5H4N2O2.2CO2.ClH.H3N/c1-8(2-13(30)11-4-12(16(24)31)28-7-27-11)18-26-6-14(33-18)17(32)29-15-3-9(19(21,22)23)10(20)5-25-15;1-9(4-13(28)12-2-3-23-8-26-12)17-25-7-14(30-17)16(29)27-15-5-10(18(20,21)22)11(19)6-24-15;1-5(17)11-19-4-8(22-11)10(21)20-9-2-6(12(14,15)16)7(13)3-18-9;8-5(9)4-1-2-6-3-7-4;2*2-1-3;;/h3-8H,2H2,1H3,(H2,24,31)(H,25,29,32);2-3,5-9H,4H2,1H3,(H,24,27,29);2-5H,17H2,1H3,(H,18,20,21);1-3H,(H,8,9);;;1H;1H3/t8-;9-;5-;;;;;/m001...../s1. The average molecular weight is 1570 g/mol. The Morgan fingerprint density at radius 3 is 1.10 bits per heavy atom. The minimum absolute atomic E-state index is 0. The number of rotatable bonds is 17. The zero-order valence-electron chi connectivity index (χ0n) is 51.3. The van der Waals surface area contributed by atoms with Crippen LogP contribution >= 0.6 is 81.2 Å². The van der Waals surface area contributed by atoms with Crippen LogP contribution < -0.4 is 33.6 Å². The number of halogens is 13. The molecule has 0 spiro atoms. The number of ketones is 2. The van der Waals surface area contributed by atoms with Crippen molar-refractivity contribution in [2.24, 2.45) is 11.5 Å².